The fraction of sp³-hybridized carbons (Fsp3) is 0.600. The molecular weight excluding hydrogens is 334 g/mol. The van der Waals surface area contributed by atoms with Crippen LogP contribution in [0.2, 0.25) is 0 Å². The van der Waals surface area contributed by atoms with E-state index < -0.39 is 11.6 Å². The van der Waals surface area contributed by atoms with E-state index in [0.29, 0.717) is 30.2 Å². The van der Waals surface area contributed by atoms with Gasteiger partial charge in [0, 0.05) is 12.3 Å². The molecule has 0 aromatic heterocycles. The number of nitrogens with one attached hydrogen (secondary N) is 1. The van der Waals surface area contributed by atoms with Gasteiger partial charge >= 0.3 is 5.97 Å². The Morgan fingerprint density at radius 3 is 2.58 bits per heavy atom. The number of ether oxygens (including phenoxy) is 3. The van der Waals surface area contributed by atoms with E-state index in [0.717, 1.165) is 25.7 Å². The molecule has 6 heteroatoms. The van der Waals surface area contributed by atoms with Crippen LogP contribution in [0.15, 0.2) is 18.2 Å². The van der Waals surface area contributed by atoms with Crippen molar-refractivity contribution in [3.63, 3.8) is 0 Å². The van der Waals surface area contributed by atoms with Gasteiger partial charge in [-0.2, -0.15) is 0 Å². The highest BCUT2D eigenvalue weighted by Gasteiger charge is 2.48. The number of carbonyl (C=O) groups is 2. The van der Waals surface area contributed by atoms with E-state index in [4.69, 9.17) is 14.2 Å². The van der Waals surface area contributed by atoms with E-state index in [2.05, 4.69) is 12.2 Å². The lowest BCUT2D eigenvalue weighted by Gasteiger charge is -2.28. The number of methoxy groups -OCH3 is 1. The molecule has 1 saturated carbocycles. The Balaban J connectivity index is 2.18. The molecule has 1 aliphatic carbocycles. The van der Waals surface area contributed by atoms with Crippen LogP contribution in [-0.4, -0.2) is 37.8 Å². The Morgan fingerprint density at radius 2 is 2.00 bits per heavy atom. The Bertz CT molecular complexity index is 641. The second-order valence-corrected chi connectivity index (χ2v) is 6.67. The van der Waals surface area contributed by atoms with Crippen LogP contribution in [0.4, 0.5) is 5.69 Å². The number of hydrogen-bond acceptors (Lipinski definition) is 5. The van der Waals surface area contributed by atoms with Crippen LogP contribution in [0.5, 0.6) is 5.75 Å². The van der Waals surface area contributed by atoms with Crippen molar-refractivity contribution >= 4 is 17.6 Å². The highest BCUT2D eigenvalue weighted by atomic mass is 16.5. The third-order valence-corrected chi connectivity index (χ3v) is 4.65. The number of hydrogen-bond donors (Lipinski definition) is 1. The van der Waals surface area contributed by atoms with Crippen molar-refractivity contribution in [2.75, 3.05) is 25.6 Å². The minimum absolute atomic E-state index is 0.197. The number of unbranched alkanes of at least 4 members (excludes halogenated alkanes) is 1. The first-order chi connectivity index (χ1) is 12.5. The van der Waals surface area contributed by atoms with Gasteiger partial charge in [0.2, 0.25) is 0 Å². The summed E-state index contributed by atoms with van der Waals surface area (Å²) in [5.74, 6) is -0.00285. The van der Waals surface area contributed by atoms with E-state index in [1.165, 1.54) is 7.11 Å². The molecule has 6 nitrogen and oxygen atoms in total. The van der Waals surface area contributed by atoms with Crippen LogP contribution in [0.25, 0.3) is 0 Å². The summed E-state index contributed by atoms with van der Waals surface area (Å²) < 4.78 is 16.3. The molecule has 0 spiro atoms. The van der Waals surface area contributed by atoms with Crippen molar-refractivity contribution in [1.82, 2.24) is 0 Å². The average Bonchev–Trinajstić information content (AvgIpc) is 3.48. The highest BCUT2D eigenvalue weighted by molar-refractivity contribution is 5.99. The normalized spacial score (nSPS) is 15.8. The van der Waals surface area contributed by atoms with Gasteiger partial charge in [-0.15, -0.1) is 0 Å². The Hall–Kier alpha value is -2.08. The summed E-state index contributed by atoms with van der Waals surface area (Å²) in [6.07, 6.45) is 3.87. The van der Waals surface area contributed by atoms with Gasteiger partial charge < -0.3 is 19.5 Å². The van der Waals surface area contributed by atoms with Crippen molar-refractivity contribution in [3.8, 4) is 5.75 Å². The molecule has 1 amide bonds. The molecule has 0 saturated heterocycles. The van der Waals surface area contributed by atoms with Crippen molar-refractivity contribution < 1.29 is 23.8 Å². The predicted octanol–water partition coefficient (Wildman–Crippen LogP) is 3.80. The molecule has 144 valence electrons. The Kier molecular flexibility index (Phi) is 7.03. The summed E-state index contributed by atoms with van der Waals surface area (Å²) >= 11 is 0. The highest BCUT2D eigenvalue weighted by Crippen LogP contribution is 2.42. The molecule has 1 aromatic carbocycles. The summed E-state index contributed by atoms with van der Waals surface area (Å²) in [5.41, 5.74) is -0.0352. The van der Waals surface area contributed by atoms with Crippen molar-refractivity contribution in [3.05, 3.63) is 23.8 Å². The van der Waals surface area contributed by atoms with Crippen LogP contribution in [0.1, 0.15) is 56.8 Å². The lowest BCUT2D eigenvalue weighted by atomic mass is 9.98. The standard InChI is InChI=1S/C20H29NO5/c1-5-7-12-25-17-11-10-15(13-16(17)18(22)24-4)21-19(23)20(3,26-6-2)14-8-9-14/h10-11,13-14H,5-9,12H2,1-4H3,(H,21,23)/t20-/m1/s1. The molecule has 0 heterocycles. The van der Waals surface area contributed by atoms with Gasteiger partial charge in [0.25, 0.3) is 5.91 Å². The second-order valence-electron chi connectivity index (χ2n) is 6.67. The van der Waals surface area contributed by atoms with Crippen LogP contribution >= 0.6 is 0 Å². The van der Waals surface area contributed by atoms with Gasteiger partial charge in [-0.1, -0.05) is 13.3 Å². The van der Waals surface area contributed by atoms with Crippen LogP contribution in [-0.2, 0) is 14.3 Å². The first kappa shape index (κ1) is 20.2. The number of rotatable bonds is 10. The van der Waals surface area contributed by atoms with Gasteiger partial charge in [-0.25, -0.2) is 4.79 Å². The van der Waals surface area contributed by atoms with E-state index >= 15 is 0 Å². The Morgan fingerprint density at radius 1 is 1.27 bits per heavy atom. The predicted molar refractivity (Wildman–Crippen MR) is 99.6 cm³/mol. The fourth-order valence-corrected chi connectivity index (χ4v) is 2.89. The van der Waals surface area contributed by atoms with Gasteiger partial charge in [0.05, 0.1) is 13.7 Å². The van der Waals surface area contributed by atoms with Crippen molar-refractivity contribution in [1.29, 1.82) is 0 Å². The van der Waals surface area contributed by atoms with Gasteiger partial charge in [0.15, 0.2) is 0 Å². The summed E-state index contributed by atoms with van der Waals surface area (Å²) in [6.45, 7) is 6.77. The SMILES string of the molecule is CCCCOc1ccc(NC(=O)[C@](C)(OCC)C2CC2)cc1C(=O)OC. The zero-order valence-electron chi connectivity index (χ0n) is 16.1. The second kappa shape index (κ2) is 9.03. The molecule has 1 atom stereocenters. The number of carbonyl (C=O) groups excluding carboxylic acids is 2. The minimum atomic E-state index is -0.851. The zero-order valence-corrected chi connectivity index (χ0v) is 16.1. The summed E-state index contributed by atoms with van der Waals surface area (Å²) in [5, 5.41) is 2.88. The number of anilines is 1. The van der Waals surface area contributed by atoms with Crippen LogP contribution in [0.3, 0.4) is 0 Å². The first-order valence-electron chi connectivity index (χ1n) is 9.26. The molecule has 0 aliphatic heterocycles. The maximum absolute atomic E-state index is 12.8. The van der Waals surface area contributed by atoms with Crippen LogP contribution in [0, 0.1) is 5.92 Å². The maximum Gasteiger partial charge on any atom is 0.341 e. The summed E-state index contributed by atoms with van der Waals surface area (Å²) in [6, 6.07) is 5.00. The molecule has 1 N–H and O–H groups in total. The summed E-state index contributed by atoms with van der Waals surface area (Å²) in [7, 11) is 1.32. The molecule has 1 fully saturated rings. The molecular formula is C20H29NO5. The third kappa shape index (κ3) is 4.75. The average molecular weight is 363 g/mol. The summed E-state index contributed by atoms with van der Waals surface area (Å²) in [4.78, 5) is 24.9. The Labute approximate surface area is 155 Å². The lowest BCUT2D eigenvalue weighted by molar-refractivity contribution is -0.141. The molecule has 26 heavy (non-hydrogen) atoms. The van der Waals surface area contributed by atoms with Gasteiger partial charge in [-0.05, 0) is 57.2 Å². The first-order valence-corrected chi connectivity index (χ1v) is 9.26. The molecule has 1 aromatic rings. The largest absolute Gasteiger partial charge is 0.493 e. The van der Waals surface area contributed by atoms with Crippen molar-refractivity contribution in [2.45, 2.75) is 52.1 Å². The third-order valence-electron chi connectivity index (χ3n) is 4.65. The number of esters is 1. The molecule has 0 unspecified atom stereocenters. The molecule has 1 aliphatic rings. The lowest BCUT2D eigenvalue weighted by Crippen LogP contribution is -2.44. The van der Waals surface area contributed by atoms with Crippen molar-refractivity contribution in [2.24, 2.45) is 5.92 Å². The van der Waals surface area contributed by atoms with Gasteiger partial charge in [0.1, 0.15) is 16.9 Å². The molecule has 2 rings (SSSR count). The molecule has 0 bridgehead atoms. The fourth-order valence-electron chi connectivity index (χ4n) is 2.89. The molecule has 0 radical (unpaired) electrons. The van der Waals surface area contributed by atoms with E-state index in [1.807, 2.05) is 13.8 Å². The smallest absolute Gasteiger partial charge is 0.341 e. The zero-order chi connectivity index (χ0) is 19.2. The van der Waals surface area contributed by atoms with Crippen LogP contribution < -0.4 is 10.1 Å². The topological polar surface area (TPSA) is 73.9 Å². The van der Waals surface area contributed by atoms with E-state index in [1.54, 1.807) is 18.2 Å². The number of amides is 1. The van der Waals surface area contributed by atoms with Gasteiger partial charge in [-0.3, -0.25) is 4.79 Å². The minimum Gasteiger partial charge on any atom is -0.493 e. The van der Waals surface area contributed by atoms with E-state index in [-0.39, 0.29) is 11.8 Å². The maximum atomic E-state index is 12.8. The quantitative estimate of drug-likeness (QED) is 0.506. The monoisotopic (exact) mass is 363 g/mol. The number of benzene rings is 1. The van der Waals surface area contributed by atoms with E-state index in [9.17, 15) is 9.59 Å².